The lowest BCUT2D eigenvalue weighted by Crippen LogP contribution is -2.16. The standard InChI is InChI=1S/C12H12F3N3O3S/c1-3-22(19,20)11-4-9(6-17-8(11)2)10(5-16)18-21-7-12(13,14)15/h4,6H,3,7H2,1-2H3/b18-10+. The van der Waals surface area contributed by atoms with Crippen LogP contribution in [0.1, 0.15) is 18.2 Å². The van der Waals surface area contributed by atoms with Crippen LogP contribution in [0.25, 0.3) is 0 Å². The zero-order valence-electron chi connectivity index (χ0n) is 11.7. The highest BCUT2D eigenvalue weighted by molar-refractivity contribution is 7.91. The highest BCUT2D eigenvalue weighted by atomic mass is 32.2. The van der Waals surface area contributed by atoms with E-state index in [2.05, 4.69) is 15.0 Å². The molecule has 0 aliphatic rings. The number of halogens is 3. The Hall–Kier alpha value is -2.15. The second-order valence-electron chi connectivity index (χ2n) is 4.15. The van der Waals surface area contributed by atoms with E-state index in [4.69, 9.17) is 5.26 Å². The Labute approximate surface area is 125 Å². The summed E-state index contributed by atoms with van der Waals surface area (Å²) in [5.41, 5.74) is -0.314. The number of nitrogens with zero attached hydrogens (tertiary/aromatic N) is 3. The molecule has 1 aromatic heterocycles. The number of rotatable bonds is 5. The molecule has 0 spiro atoms. The lowest BCUT2D eigenvalue weighted by Gasteiger charge is -2.07. The van der Waals surface area contributed by atoms with Gasteiger partial charge >= 0.3 is 6.18 Å². The van der Waals surface area contributed by atoms with Gasteiger partial charge in [-0.2, -0.15) is 18.4 Å². The predicted octanol–water partition coefficient (Wildman–Crippen LogP) is 1.99. The molecule has 22 heavy (non-hydrogen) atoms. The van der Waals surface area contributed by atoms with Gasteiger partial charge in [0.05, 0.1) is 16.3 Å². The van der Waals surface area contributed by atoms with Gasteiger partial charge in [-0.1, -0.05) is 12.1 Å². The van der Waals surface area contributed by atoms with Crippen LogP contribution in [0.15, 0.2) is 22.3 Å². The second-order valence-corrected chi connectivity index (χ2v) is 6.40. The third-order valence-corrected chi connectivity index (χ3v) is 4.36. The maximum absolute atomic E-state index is 12.0. The van der Waals surface area contributed by atoms with Crippen molar-refractivity contribution < 1.29 is 26.4 Å². The Morgan fingerprint density at radius 1 is 1.50 bits per heavy atom. The van der Waals surface area contributed by atoms with Crippen LogP contribution in [0.5, 0.6) is 0 Å². The first kappa shape index (κ1) is 17.9. The largest absolute Gasteiger partial charge is 0.425 e. The van der Waals surface area contributed by atoms with Crippen molar-refractivity contribution in [3.63, 3.8) is 0 Å². The molecule has 0 aliphatic heterocycles. The molecule has 120 valence electrons. The molecule has 0 unspecified atom stereocenters. The quantitative estimate of drug-likeness (QED) is 0.606. The molecule has 0 bridgehead atoms. The average Bonchev–Trinajstić information content (AvgIpc) is 2.43. The maximum Gasteiger partial charge on any atom is 0.425 e. The number of aromatic nitrogens is 1. The van der Waals surface area contributed by atoms with Gasteiger partial charge in [-0.3, -0.25) is 4.98 Å². The minimum Gasteiger partial charge on any atom is -0.385 e. The first-order valence-corrected chi connectivity index (χ1v) is 7.62. The van der Waals surface area contributed by atoms with Gasteiger partial charge in [0.25, 0.3) is 0 Å². The fraction of sp³-hybridized carbons (Fsp3) is 0.417. The van der Waals surface area contributed by atoms with Gasteiger partial charge in [0.1, 0.15) is 6.07 Å². The molecule has 0 saturated heterocycles. The molecule has 0 radical (unpaired) electrons. The van der Waals surface area contributed by atoms with E-state index in [1.807, 2.05) is 0 Å². The first-order valence-electron chi connectivity index (χ1n) is 5.97. The molecule has 0 fully saturated rings. The summed E-state index contributed by atoms with van der Waals surface area (Å²) in [5, 5.41) is 12.0. The van der Waals surface area contributed by atoms with Crippen LogP contribution in [-0.2, 0) is 14.7 Å². The van der Waals surface area contributed by atoms with Gasteiger partial charge in [0.15, 0.2) is 15.5 Å². The van der Waals surface area contributed by atoms with Crippen molar-refractivity contribution in [2.45, 2.75) is 24.9 Å². The maximum atomic E-state index is 12.0. The van der Waals surface area contributed by atoms with E-state index >= 15 is 0 Å². The SMILES string of the molecule is CCS(=O)(=O)c1cc(/C(C#N)=N/OCC(F)(F)F)cnc1C. The van der Waals surface area contributed by atoms with E-state index in [0.717, 1.165) is 12.3 Å². The van der Waals surface area contributed by atoms with Crippen LogP contribution >= 0.6 is 0 Å². The van der Waals surface area contributed by atoms with E-state index in [9.17, 15) is 21.6 Å². The Morgan fingerprint density at radius 2 is 2.14 bits per heavy atom. The van der Waals surface area contributed by atoms with Gasteiger partial charge in [0.2, 0.25) is 6.61 Å². The van der Waals surface area contributed by atoms with Crippen LogP contribution in [0.4, 0.5) is 13.2 Å². The Balaban J connectivity index is 3.18. The Kier molecular flexibility index (Phi) is 5.48. The second kappa shape index (κ2) is 6.74. The number of hydrogen-bond donors (Lipinski definition) is 0. The molecule has 0 N–H and O–H groups in total. The predicted molar refractivity (Wildman–Crippen MR) is 70.9 cm³/mol. The third-order valence-electron chi connectivity index (χ3n) is 2.52. The van der Waals surface area contributed by atoms with Gasteiger partial charge < -0.3 is 4.84 Å². The lowest BCUT2D eigenvalue weighted by molar-refractivity contribution is -0.173. The van der Waals surface area contributed by atoms with Gasteiger partial charge in [-0.15, -0.1) is 0 Å². The molecule has 1 aromatic rings. The fourth-order valence-corrected chi connectivity index (χ4v) is 2.54. The molecule has 1 heterocycles. The molecule has 0 amide bonds. The van der Waals surface area contributed by atoms with Crippen molar-refractivity contribution in [2.24, 2.45) is 5.16 Å². The molecular weight excluding hydrogens is 323 g/mol. The number of sulfone groups is 1. The van der Waals surface area contributed by atoms with Gasteiger partial charge in [-0.25, -0.2) is 8.42 Å². The van der Waals surface area contributed by atoms with Crippen molar-refractivity contribution >= 4 is 15.5 Å². The number of alkyl halides is 3. The molecule has 6 nitrogen and oxygen atoms in total. The number of hydrogen-bond acceptors (Lipinski definition) is 6. The molecule has 0 saturated carbocycles. The summed E-state index contributed by atoms with van der Waals surface area (Å²) in [6.45, 7) is 1.25. The van der Waals surface area contributed by atoms with Gasteiger partial charge in [0, 0.05) is 11.8 Å². The van der Waals surface area contributed by atoms with Crippen LogP contribution in [-0.4, -0.2) is 37.6 Å². The number of oxime groups is 1. The Morgan fingerprint density at radius 3 is 2.64 bits per heavy atom. The average molecular weight is 335 g/mol. The molecule has 0 atom stereocenters. The van der Waals surface area contributed by atoms with Crippen LogP contribution in [0.2, 0.25) is 0 Å². The van der Waals surface area contributed by atoms with Crippen molar-refractivity contribution in [3.05, 3.63) is 23.5 Å². The summed E-state index contributed by atoms with van der Waals surface area (Å²) in [6.07, 6.45) is -3.45. The van der Waals surface area contributed by atoms with Crippen LogP contribution < -0.4 is 0 Å². The molecular formula is C12H12F3N3O3S. The molecule has 0 aliphatic carbocycles. The van der Waals surface area contributed by atoms with Crippen molar-refractivity contribution in [3.8, 4) is 6.07 Å². The summed E-state index contributed by atoms with van der Waals surface area (Å²) in [6, 6.07) is 2.68. The highest BCUT2D eigenvalue weighted by Crippen LogP contribution is 2.18. The minimum atomic E-state index is -4.59. The normalized spacial score (nSPS) is 12.8. The lowest BCUT2D eigenvalue weighted by atomic mass is 10.2. The zero-order chi connectivity index (χ0) is 17.0. The number of nitriles is 1. The Bertz CT molecular complexity index is 721. The van der Waals surface area contributed by atoms with E-state index in [1.54, 1.807) is 6.07 Å². The van der Waals surface area contributed by atoms with Crippen molar-refractivity contribution in [1.29, 1.82) is 5.26 Å². The van der Waals surface area contributed by atoms with Gasteiger partial charge in [-0.05, 0) is 13.0 Å². The molecule has 1 rings (SSSR count). The highest BCUT2D eigenvalue weighted by Gasteiger charge is 2.28. The summed E-state index contributed by atoms with van der Waals surface area (Å²) >= 11 is 0. The van der Waals surface area contributed by atoms with E-state index in [-0.39, 0.29) is 21.9 Å². The topological polar surface area (TPSA) is 92.4 Å². The summed E-state index contributed by atoms with van der Waals surface area (Å²) in [5.74, 6) is -0.178. The number of pyridine rings is 1. The smallest absolute Gasteiger partial charge is 0.385 e. The van der Waals surface area contributed by atoms with Crippen LogP contribution in [0.3, 0.4) is 0 Å². The number of aryl methyl sites for hydroxylation is 1. The minimum absolute atomic E-state index is 0.0395. The van der Waals surface area contributed by atoms with E-state index in [1.165, 1.54) is 13.8 Å². The molecule has 10 heteroatoms. The van der Waals surface area contributed by atoms with Crippen LogP contribution in [0, 0.1) is 18.3 Å². The van der Waals surface area contributed by atoms with E-state index in [0.29, 0.717) is 0 Å². The first-order chi connectivity index (χ1) is 10.1. The van der Waals surface area contributed by atoms with E-state index < -0.39 is 28.3 Å². The summed E-state index contributed by atoms with van der Waals surface area (Å²) in [4.78, 5) is 7.78. The fourth-order valence-electron chi connectivity index (χ4n) is 1.42. The van der Waals surface area contributed by atoms with Crippen molar-refractivity contribution in [1.82, 2.24) is 4.98 Å². The summed E-state index contributed by atoms with van der Waals surface area (Å²) in [7, 11) is -3.58. The zero-order valence-corrected chi connectivity index (χ0v) is 12.5. The monoisotopic (exact) mass is 335 g/mol. The molecule has 0 aromatic carbocycles. The van der Waals surface area contributed by atoms with Crippen molar-refractivity contribution in [2.75, 3.05) is 12.4 Å². The third kappa shape index (κ3) is 4.70. The summed E-state index contributed by atoms with van der Waals surface area (Å²) < 4.78 is 59.7.